The Morgan fingerprint density at radius 3 is 1.25 bits per heavy atom. The average Bonchev–Trinajstić information content (AvgIpc) is 0.918. The number of hydrogen-bond acceptors (Lipinski definition) is 1. The van der Waals surface area contributed by atoms with E-state index >= 15 is 0 Å². The Labute approximate surface area is 26.1 Å². The molecule has 0 aromatic heterocycles. The molecule has 0 rings (SSSR count). The van der Waals surface area contributed by atoms with Crippen molar-refractivity contribution >= 4 is 12.5 Å². The molecule has 0 saturated carbocycles. The third kappa shape index (κ3) is 142. The van der Waals surface area contributed by atoms with Gasteiger partial charge in [-0.25, -0.2) is 0 Å². The average molecular weight is 90.1 g/mol. The van der Waals surface area contributed by atoms with Gasteiger partial charge in [0.2, 0.25) is 0 Å². The van der Waals surface area contributed by atoms with Crippen molar-refractivity contribution < 1.29 is 12.5 Å². The number of rotatable bonds is 0. The van der Waals surface area contributed by atoms with Crippen LogP contribution in [0.25, 0.3) is 0 Å². The van der Waals surface area contributed by atoms with E-state index in [0.717, 1.165) is 0 Å². The van der Waals surface area contributed by atoms with Crippen molar-refractivity contribution in [1.29, 1.82) is 0 Å². The smallest absolute Gasteiger partial charge is 0.255 e. The fourth-order valence-electron chi connectivity index (χ4n) is 0. The zero-order chi connectivity index (χ0) is 2.71. The van der Waals surface area contributed by atoms with Crippen LogP contribution < -0.4 is 0 Å². The Bertz CT molecular complexity index is 3.25. The molecule has 0 radical (unpaired) electrons. The maximum atomic E-state index is 9.54. The van der Waals surface area contributed by atoms with E-state index in [9.17, 15) is 7.77 Å². The lowest BCUT2D eigenvalue weighted by molar-refractivity contribution is 0.814. The van der Waals surface area contributed by atoms with Crippen LogP contribution in [0.3, 0.4) is 0 Å². The predicted molar refractivity (Wildman–Crippen MR) is 12.3 cm³/mol. The number of halogens is 3. The normalized spacial score (nSPS) is 4.50. The lowest BCUT2D eigenvalue weighted by atomic mass is 18.8. The molecule has 4 heavy (non-hydrogen) atoms. The highest BCUT2D eigenvalue weighted by Gasteiger charge is 1.49. The van der Waals surface area contributed by atoms with E-state index < -0.39 is 12.5 Å². The van der Waals surface area contributed by atoms with Crippen LogP contribution in [-0.4, -0.2) is 0 Å². The molecule has 0 aliphatic heterocycles. The van der Waals surface area contributed by atoms with Gasteiger partial charge >= 0.3 is 0 Å². The van der Waals surface area contributed by atoms with E-state index in [-0.39, 0.29) is 4.70 Å². The Balaban J connectivity index is 0. The Morgan fingerprint density at radius 1 is 1.25 bits per heavy atom. The van der Waals surface area contributed by atoms with Crippen LogP contribution in [0.5, 0.6) is 0 Å². The summed E-state index contributed by atoms with van der Waals surface area (Å²) in [6, 6.07) is 0. The molecule has 0 aromatic rings. The molecule has 0 nitrogen and oxygen atoms in total. The van der Waals surface area contributed by atoms with Gasteiger partial charge in [0.1, 0.15) is 0 Å². The summed E-state index contributed by atoms with van der Waals surface area (Å²) in [7, 11) is 0. The molecule has 0 heterocycles. The first kappa shape index (κ1) is 8.91. The molecule has 0 amide bonds. The lowest BCUT2D eigenvalue weighted by Crippen LogP contribution is -0.884. The third-order valence-electron chi connectivity index (χ3n) is 0. The van der Waals surface area contributed by atoms with E-state index in [1.807, 2.05) is 0 Å². The summed E-state index contributed by atoms with van der Waals surface area (Å²) >= 11 is -1.25. The van der Waals surface area contributed by atoms with Crippen molar-refractivity contribution in [3.63, 3.8) is 0 Å². The zero-order valence-corrected chi connectivity index (χ0v) is 2.39. The summed E-state index contributed by atoms with van der Waals surface area (Å²) < 4.78 is 19.1. The fourth-order valence-corrected chi connectivity index (χ4v) is 0. The van der Waals surface area contributed by atoms with Gasteiger partial charge in [0.25, 0.3) is 12.5 Å². The van der Waals surface area contributed by atoms with Crippen molar-refractivity contribution in [2.24, 2.45) is 0 Å². The highest BCUT2D eigenvalue weighted by molar-refractivity contribution is 7.89. The minimum absolute atomic E-state index is 0. The Kier molecular flexibility index (Phi) is 24.7. The molecular weight excluding hydrogens is 89.1 g/mol. The molecule has 0 spiro atoms. The van der Waals surface area contributed by atoms with Crippen LogP contribution in [-0.2, 0) is 0 Å². The van der Waals surface area contributed by atoms with Gasteiger partial charge in [-0.3, -0.25) is 4.70 Å². The minimum Gasteiger partial charge on any atom is -0.269 e. The van der Waals surface area contributed by atoms with E-state index in [1.54, 1.807) is 0 Å². The molecule has 0 atom stereocenters. The van der Waals surface area contributed by atoms with Crippen LogP contribution >= 0.6 is 12.5 Å². The molecule has 0 bridgehead atoms. The number of hydrogen-bond donors (Lipinski definition) is 0. The van der Waals surface area contributed by atoms with Gasteiger partial charge in [-0.05, 0) is 0 Å². The van der Waals surface area contributed by atoms with Crippen molar-refractivity contribution in [2.45, 2.75) is 0 Å². The van der Waals surface area contributed by atoms with Gasteiger partial charge in [0.15, 0.2) is 0 Å². The standard InChI is InChI=1S/F2S.FH/c1-3-2;/h;1H. The maximum absolute atomic E-state index is 9.54. The van der Waals surface area contributed by atoms with E-state index in [2.05, 4.69) is 0 Å². The minimum atomic E-state index is -1.25. The molecule has 0 aromatic carbocycles. The molecule has 4 heteroatoms. The van der Waals surface area contributed by atoms with Crippen LogP contribution in [0.2, 0.25) is 0 Å². The SMILES string of the molecule is F.FSF. The quantitative estimate of drug-likeness (QED) is 0.435. The van der Waals surface area contributed by atoms with Gasteiger partial charge in [0.05, 0.1) is 0 Å². The Morgan fingerprint density at radius 2 is 1.25 bits per heavy atom. The van der Waals surface area contributed by atoms with Crippen LogP contribution in [0.1, 0.15) is 0 Å². The second-order valence-corrected chi connectivity index (χ2v) is 0.175. The second kappa shape index (κ2) is 11.1. The summed E-state index contributed by atoms with van der Waals surface area (Å²) in [4.78, 5) is 0. The second-order valence-electron chi connectivity index (χ2n) is 0.0583. The zero-order valence-electron chi connectivity index (χ0n) is 1.57. The lowest BCUT2D eigenvalue weighted by Gasteiger charge is -1.36. The van der Waals surface area contributed by atoms with Gasteiger partial charge in [-0.1, -0.05) is 0 Å². The molecule has 0 fully saturated rings. The van der Waals surface area contributed by atoms with Crippen LogP contribution in [0.15, 0.2) is 0 Å². The molecule has 0 aliphatic carbocycles. The molecule has 0 unspecified atom stereocenters. The highest BCUT2D eigenvalue weighted by atomic mass is 32.2. The van der Waals surface area contributed by atoms with E-state index in [0.29, 0.717) is 0 Å². The van der Waals surface area contributed by atoms with Gasteiger partial charge in [0, 0.05) is 0 Å². The first-order valence-electron chi connectivity index (χ1n) is 0.309. The summed E-state index contributed by atoms with van der Waals surface area (Å²) in [5.74, 6) is 0. The first-order valence-corrected chi connectivity index (χ1v) is 0.926. The predicted octanol–water partition coefficient (Wildman–Crippen LogP) is 1.64. The van der Waals surface area contributed by atoms with E-state index in [4.69, 9.17) is 0 Å². The van der Waals surface area contributed by atoms with Gasteiger partial charge in [-0.15, -0.1) is 7.77 Å². The topological polar surface area (TPSA) is 0 Å². The molecule has 28 valence electrons. The molecule has 0 N–H and O–H groups in total. The molecule has 0 saturated heterocycles. The van der Waals surface area contributed by atoms with E-state index in [1.165, 1.54) is 0 Å². The summed E-state index contributed by atoms with van der Waals surface area (Å²) in [5.41, 5.74) is 0. The van der Waals surface area contributed by atoms with Crippen molar-refractivity contribution in [3.05, 3.63) is 0 Å². The Hall–Kier alpha value is 0.140. The monoisotopic (exact) mass is 90.0 g/mol. The van der Waals surface area contributed by atoms with Gasteiger partial charge in [-0.2, -0.15) is 0 Å². The van der Waals surface area contributed by atoms with Crippen molar-refractivity contribution in [1.82, 2.24) is 0 Å². The third-order valence-corrected chi connectivity index (χ3v) is 0. The molecule has 0 aliphatic rings. The summed E-state index contributed by atoms with van der Waals surface area (Å²) in [6.45, 7) is 0. The van der Waals surface area contributed by atoms with Gasteiger partial charge < -0.3 is 0 Å². The molecular formula is HF3S. The summed E-state index contributed by atoms with van der Waals surface area (Å²) in [5, 5.41) is 0. The fraction of sp³-hybridized carbons (Fsp3) is 0. The van der Waals surface area contributed by atoms with Crippen molar-refractivity contribution in [3.8, 4) is 0 Å². The van der Waals surface area contributed by atoms with Crippen LogP contribution in [0, 0.1) is 0 Å². The van der Waals surface area contributed by atoms with Crippen molar-refractivity contribution in [2.75, 3.05) is 0 Å². The first-order chi connectivity index (χ1) is 1.41. The maximum Gasteiger partial charge on any atom is 0.255 e. The summed E-state index contributed by atoms with van der Waals surface area (Å²) in [6.07, 6.45) is 0. The largest absolute Gasteiger partial charge is 0.269 e. The van der Waals surface area contributed by atoms with Crippen LogP contribution in [0.4, 0.5) is 12.5 Å². The highest BCUT2D eigenvalue weighted by Crippen LogP contribution is 1.95.